The third-order valence-corrected chi connectivity index (χ3v) is 3.46. The highest BCUT2D eigenvalue weighted by Gasteiger charge is 2.30. The summed E-state index contributed by atoms with van der Waals surface area (Å²) in [5, 5.41) is 11.7. The molecular formula is C12H9F3N2S. The molecule has 0 spiro atoms. The molecule has 1 aromatic carbocycles. The molecule has 1 N–H and O–H groups in total. The number of nitriles is 1. The van der Waals surface area contributed by atoms with Gasteiger partial charge in [0.2, 0.25) is 0 Å². The number of hydrogen-bond acceptors (Lipinski definition) is 3. The fourth-order valence-corrected chi connectivity index (χ4v) is 2.58. The number of rotatable bonds is 2. The molecule has 0 unspecified atom stereocenters. The van der Waals surface area contributed by atoms with Crippen LogP contribution in [0.25, 0.3) is 0 Å². The molecule has 0 saturated carbocycles. The van der Waals surface area contributed by atoms with Gasteiger partial charge in [-0.25, -0.2) is 0 Å². The average Bonchev–Trinajstić information content (AvgIpc) is 2.75. The number of anilines is 1. The van der Waals surface area contributed by atoms with E-state index >= 15 is 0 Å². The van der Waals surface area contributed by atoms with Crippen LogP contribution < -0.4 is 5.32 Å². The second-order valence-electron chi connectivity index (χ2n) is 3.77. The van der Waals surface area contributed by atoms with Crippen molar-refractivity contribution in [3.8, 4) is 6.07 Å². The Balaban J connectivity index is 2.23. The lowest BCUT2D eigenvalue weighted by Crippen LogP contribution is -2.07. The van der Waals surface area contributed by atoms with E-state index in [0.717, 1.165) is 12.1 Å². The van der Waals surface area contributed by atoms with Crippen LogP contribution in [0, 0.1) is 11.3 Å². The van der Waals surface area contributed by atoms with E-state index in [4.69, 9.17) is 5.26 Å². The number of alkyl halides is 3. The predicted octanol–water partition coefficient (Wildman–Crippen LogP) is 3.64. The number of nitrogens with zero attached hydrogens (tertiary/aromatic N) is 1. The summed E-state index contributed by atoms with van der Waals surface area (Å²) in [6.07, 6.45) is -4.35. The molecule has 0 amide bonds. The molecule has 0 bridgehead atoms. The van der Waals surface area contributed by atoms with Crippen LogP contribution in [0.3, 0.4) is 0 Å². The van der Waals surface area contributed by atoms with Crippen molar-refractivity contribution in [2.75, 3.05) is 16.8 Å². The monoisotopic (exact) mass is 270 g/mol. The summed E-state index contributed by atoms with van der Waals surface area (Å²) < 4.78 is 37.6. The van der Waals surface area contributed by atoms with Gasteiger partial charge >= 0.3 is 6.18 Å². The van der Waals surface area contributed by atoms with Crippen LogP contribution in [0.2, 0.25) is 0 Å². The smallest absolute Gasteiger partial charge is 0.357 e. The summed E-state index contributed by atoms with van der Waals surface area (Å²) >= 11 is 1.56. The first-order chi connectivity index (χ1) is 8.50. The van der Waals surface area contributed by atoms with Crippen molar-refractivity contribution in [3.05, 3.63) is 41.1 Å². The fourth-order valence-electron chi connectivity index (χ4n) is 1.59. The van der Waals surface area contributed by atoms with Gasteiger partial charge in [0.25, 0.3) is 0 Å². The van der Waals surface area contributed by atoms with Crippen LogP contribution in [0.1, 0.15) is 5.56 Å². The highest BCUT2D eigenvalue weighted by molar-refractivity contribution is 7.99. The molecular weight excluding hydrogens is 261 g/mol. The zero-order valence-corrected chi connectivity index (χ0v) is 10.0. The van der Waals surface area contributed by atoms with Gasteiger partial charge in [-0.3, -0.25) is 0 Å². The Hall–Kier alpha value is -1.61. The average molecular weight is 270 g/mol. The Labute approximate surface area is 106 Å². The minimum absolute atomic E-state index is 0.357. The Morgan fingerprint density at radius 3 is 2.72 bits per heavy atom. The molecule has 94 valence electrons. The molecule has 0 atom stereocenters. The number of thioether (sulfide) groups is 1. The van der Waals surface area contributed by atoms with E-state index in [1.807, 2.05) is 0 Å². The molecule has 1 aliphatic heterocycles. The lowest BCUT2D eigenvalue weighted by molar-refractivity contribution is -0.137. The maximum Gasteiger partial charge on any atom is 0.416 e. The SMILES string of the molecule is N#CC1=C(Nc2cccc(C(F)(F)F)c2)CSC1. The first-order valence-corrected chi connectivity index (χ1v) is 6.30. The van der Waals surface area contributed by atoms with Crippen LogP contribution in [-0.4, -0.2) is 11.5 Å². The Kier molecular flexibility index (Phi) is 3.53. The molecule has 18 heavy (non-hydrogen) atoms. The third-order valence-electron chi connectivity index (χ3n) is 2.48. The van der Waals surface area contributed by atoms with Crippen LogP contribution in [0.5, 0.6) is 0 Å². The van der Waals surface area contributed by atoms with Gasteiger partial charge in [-0.05, 0) is 18.2 Å². The minimum atomic E-state index is -4.35. The molecule has 2 nitrogen and oxygen atoms in total. The molecule has 1 aromatic rings. The zero-order valence-electron chi connectivity index (χ0n) is 9.21. The van der Waals surface area contributed by atoms with Crippen molar-refractivity contribution in [2.45, 2.75) is 6.18 Å². The number of nitrogens with one attached hydrogen (secondary N) is 1. The largest absolute Gasteiger partial charge is 0.416 e. The zero-order chi connectivity index (χ0) is 13.2. The van der Waals surface area contributed by atoms with E-state index in [2.05, 4.69) is 11.4 Å². The van der Waals surface area contributed by atoms with Crippen molar-refractivity contribution in [3.63, 3.8) is 0 Å². The number of benzene rings is 1. The molecule has 0 aromatic heterocycles. The van der Waals surface area contributed by atoms with Crippen LogP contribution >= 0.6 is 11.8 Å². The predicted molar refractivity (Wildman–Crippen MR) is 65.0 cm³/mol. The van der Waals surface area contributed by atoms with Gasteiger partial charge in [0, 0.05) is 22.9 Å². The number of halogens is 3. The van der Waals surface area contributed by atoms with Crippen molar-refractivity contribution in [1.29, 1.82) is 5.26 Å². The molecule has 2 rings (SSSR count). The molecule has 1 heterocycles. The van der Waals surface area contributed by atoms with E-state index in [0.29, 0.717) is 28.5 Å². The van der Waals surface area contributed by atoms with Crippen LogP contribution in [0.4, 0.5) is 18.9 Å². The first-order valence-electron chi connectivity index (χ1n) is 5.15. The Morgan fingerprint density at radius 1 is 1.28 bits per heavy atom. The fraction of sp³-hybridized carbons (Fsp3) is 0.250. The minimum Gasteiger partial charge on any atom is -0.357 e. The molecule has 1 aliphatic rings. The van der Waals surface area contributed by atoms with E-state index in [1.165, 1.54) is 6.07 Å². The number of hydrogen-bond donors (Lipinski definition) is 1. The van der Waals surface area contributed by atoms with Gasteiger partial charge in [-0.15, -0.1) is 11.8 Å². The maximum absolute atomic E-state index is 12.5. The summed E-state index contributed by atoms with van der Waals surface area (Å²) in [6, 6.07) is 7.02. The van der Waals surface area contributed by atoms with E-state index in [-0.39, 0.29) is 0 Å². The van der Waals surface area contributed by atoms with Crippen LogP contribution in [-0.2, 0) is 6.18 Å². The molecule has 0 fully saturated rings. The first kappa shape index (κ1) is 12.8. The maximum atomic E-state index is 12.5. The Morgan fingerprint density at radius 2 is 2.06 bits per heavy atom. The standard InChI is InChI=1S/C12H9F3N2S/c13-12(14,15)9-2-1-3-10(4-9)17-11-7-18-6-8(11)5-16/h1-4,17H,6-7H2. The van der Waals surface area contributed by atoms with Crippen molar-refractivity contribution >= 4 is 17.4 Å². The van der Waals surface area contributed by atoms with Gasteiger partial charge in [-0.1, -0.05) is 6.07 Å². The van der Waals surface area contributed by atoms with Gasteiger partial charge in [-0.2, -0.15) is 18.4 Å². The molecule has 0 radical (unpaired) electrons. The van der Waals surface area contributed by atoms with Crippen molar-refractivity contribution < 1.29 is 13.2 Å². The van der Waals surface area contributed by atoms with E-state index in [1.54, 1.807) is 17.8 Å². The second-order valence-corrected chi connectivity index (χ2v) is 4.75. The molecule has 0 aliphatic carbocycles. The lowest BCUT2D eigenvalue weighted by atomic mass is 10.2. The third kappa shape index (κ3) is 2.79. The normalized spacial score (nSPS) is 15.7. The van der Waals surface area contributed by atoms with Gasteiger partial charge in [0.1, 0.15) is 0 Å². The van der Waals surface area contributed by atoms with E-state index in [9.17, 15) is 13.2 Å². The van der Waals surface area contributed by atoms with Gasteiger partial charge < -0.3 is 5.32 Å². The van der Waals surface area contributed by atoms with Gasteiger partial charge in [0.05, 0.1) is 17.2 Å². The summed E-state index contributed by atoms with van der Waals surface area (Å²) in [7, 11) is 0. The summed E-state index contributed by atoms with van der Waals surface area (Å²) in [6.45, 7) is 0. The summed E-state index contributed by atoms with van der Waals surface area (Å²) in [4.78, 5) is 0. The van der Waals surface area contributed by atoms with Crippen LogP contribution in [0.15, 0.2) is 35.5 Å². The quantitative estimate of drug-likeness (QED) is 0.891. The molecule has 0 saturated heterocycles. The van der Waals surface area contributed by atoms with Gasteiger partial charge in [0.15, 0.2) is 0 Å². The highest BCUT2D eigenvalue weighted by Crippen LogP contribution is 2.32. The summed E-state index contributed by atoms with van der Waals surface area (Å²) in [5.74, 6) is 1.23. The lowest BCUT2D eigenvalue weighted by Gasteiger charge is -2.11. The van der Waals surface area contributed by atoms with E-state index < -0.39 is 11.7 Å². The Bertz CT molecular complexity index is 529. The van der Waals surface area contributed by atoms with Crippen molar-refractivity contribution in [1.82, 2.24) is 0 Å². The molecule has 6 heteroatoms. The summed E-state index contributed by atoms with van der Waals surface area (Å²) in [5.41, 5.74) is 0.951. The van der Waals surface area contributed by atoms with Crippen molar-refractivity contribution in [2.24, 2.45) is 0 Å². The highest BCUT2D eigenvalue weighted by atomic mass is 32.2. The topological polar surface area (TPSA) is 35.8 Å². The second kappa shape index (κ2) is 4.94.